The Hall–Kier alpha value is -2.15. The molecule has 0 fully saturated rings. The molecule has 0 atom stereocenters. The van der Waals surface area contributed by atoms with Crippen LogP contribution in [0.5, 0.6) is 0 Å². The second kappa shape index (κ2) is 5.33. The number of hydrogen-bond donors (Lipinski definition) is 0. The lowest BCUT2D eigenvalue weighted by Crippen LogP contribution is -2.25. The number of nitrogens with zero attached hydrogens (tertiary/aromatic N) is 4. The van der Waals surface area contributed by atoms with Crippen molar-refractivity contribution in [2.75, 3.05) is 0 Å². The highest BCUT2D eigenvalue weighted by Crippen LogP contribution is 2.38. The predicted octanol–water partition coefficient (Wildman–Crippen LogP) is 2.79. The maximum Gasteiger partial charge on any atom is 0.138 e. The van der Waals surface area contributed by atoms with Gasteiger partial charge in [0.2, 0.25) is 0 Å². The largest absolute Gasteiger partial charge is 0.250 e. The molecule has 0 amide bonds. The molecule has 1 aliphatic carbocycles. The third-order valence-electron chi connectivity index (χ3n) is 4.14. The van der Waals surface area contributed by atoms with Crippen LogP contribution in [-0.4, -0.2) is 14.8 Å². The quantitative estimate of drug-likeness (QED) is 0.865. The molecule has 0 aliphatic heterocycles. The summed E-state index contributed by atoms with van der Waals surface area (Å²) in [6.07, 6.45) is 3.90. The van der Waals surface area contributed by atoms with Crippen LogP contribution < -0.4 is 0 Å². The molecule has 0 radical (unpaired) electrons. The van der Waals surface area contributed by atoms with Gasteiger partial charge >= 0.3 is 0 Å². The maximum absolute atomic E-state index is 9.75. The molecule has 0 unspecified atom stereocenters. The van der Waals surface area contributed by atoms with E-state index in [9.17, 15) is 5.26 Å². The Kier molecular flexibility index (Phi) is 3.50. The van der Waals surface area contributed by atoms with Gasteiger partial charge < -0.3 is 0 Å². The average molecular weight is 280 g/mol. The van der Waals surface area contributed by atoms with Gasteiger partial charge in [0, 0.05) is 13.0 Å². The topological polar surface area (TPSA) is 54.5 Å². The summed E-state index contributed by atoms with van der Waals surface area (Å²) >= 11 is 0. The minimum Gasteiger partial charge on any atom is -0.250 e. The van der Waals surface area contributed by atoms with Crippen LogP contribution >= 0.6 is 0 Å². The van der Waals surface area contributed by atoms with Crippen molar-refractivity contribution in [3.8, 4) is 6.07 Å². The molecule has 0 spiro atoms. The van der Waals surface area contributed by atoms with Crippen molar-refractivity contribution in [2.24, 2.45) is 11.3 Å². The molecule has 4 nitrogen and oxygen atoms in total. The Morgan fingerprint density at radius 2 is 1.95 bits per heavy atom. The van der Waals surface area contributed by atoms with Gasteiger partial charge in [-0.3, -0.25) is 0 Å². The van der Waals surface area contributed by atoms with Gasteiger partial charge in [0.1, 0.15) is 12.2 Å². The van der Waals surface area contributed by atoms with Gasteiger partial charge in [-0.05, 0) is 29.9 Å². The highest BCUT2D eigenvalue weighted by molar-refractivity contribution is 5.37. The molecule has 1 heterocycles. The van der Waals surface area contributed by atoms with Crippen molar-refractivity contribution in [3.63, 3.8) is 0 Å². The fraction of sp³-hybridized carbons (Fsp3) is 0.471. The van der Waals surface area contributed by atoms with Gasteiger partial charge in [-0.25, -0.2) is 9.67 Å². The molecule has 2 aromatic rings. The van der Waals surface area contributed by atoms with E-state index < -0.39 is 0 Å². The summed E-state index contributed by atoms with van der Waals surface area (Å²) in [6, 6.07) is 10.9. The molecule has 4 heteroatoms. The zero-order valence-corrected chi connectivity index (χ0v) is 12.6. The zero-order chi connectivity index (χ0) is 14.9. The minimum absolute atomic E-state index is 0.370. The third-order valence-corrected chi connectivity index (χ3v) is 4.14. The van der Waals surface area contributed by atoms with Crippen LogP contribution in [0.3, 0.4) is 0 Å². The number of rotatable bonds is 4. The van der Waals surface area contributed by atoms with Crippen molar-refractivity contribution in [2.45, 2.75) is 39.7 Å². The Bertz CT molecular complexity index is 653. The number of nitriles is 1. The van der Waals surface area contributed by atoms with Crippen molar-refractivity contribution in [1.82, 2.24) is 14.8 Å². The first kappa shape index (κ1) is 13.8. The summed E-state index contributed by atoms with van der Waals surface area (Å²) in [6.45, 7) is 5.18. The lowest BCUT2D eigenvalue weighted by atomic mass is 9.82. The van der Waals surface area contributed by atoms with Gasteiger partial charge in [-0.2, -0.15) is 10.4 Å². The van der Waals surface area contributed by atoms with Crippen molar-refractivity contribution >= 4 is 0 Å². The van der Waals surface area contributed by atoms with Crippen LogP contribution in [0.2, 0.25) is 0 Å². The molecule has 108 valence electrons. The monoisotopic (exact) mass is 280 g/mol. The highest BCUT2D eigenvalue weighted by atomic mass is 15.3. The molecule has 0 N–H and O–H groups in total. The summed E-state index contributed by atoms with van der Waals surface area (Å²) in [5, 5.41) is 14.1. The van der Waals surface area contributed by atoms with Crippen LogP contribution in [0.4, 0.5) is 0 Å². The van der Waals surface area contributed by atoms with Gasteiger partial charge in [0.15, 0.2) is 0 Å². The number of hydrogen-bond acceptors (Lipinski definition) is 3. The van der Waals surface area contributed by atoms with Gasteiger partial charge in [-0.1, -0.05) is 38.1 Å². The fourth-order valence-electron chi connectivity index (χ4n) is 3.16. The molecular formula is C17H20N4. The highest BCUT2D eigenvalue weighted by Gasteiger charge is 2.38. The van der Waals surface area contributed by atoms with Crippen LogP contribution in [0.25, 0.3) is 0 Å². The predicted molar refractivity (Wildman–Crippen MR) is 80.5 cm³/mol. The van der Waals surface area contributed by atoms with Crippen LogP contribution in [0.15, 0.2) is 30.6 Å². The lowest BCUT2D eigenvalue weighted by Gasteiger charge is -2.20. The van der Waals surface area contributed by atoms with Gasteiger partial charge in [-0.15, -0.1) is 0 Å². The van der Waals surface area contributed by atoms with Crippen molar-refractivity contribution in [3.05, 3.63) is 47.5 Å². The van der Waals surface area contributed by atoms with Crippen LogP contribution in [0, 0.1) is 22.7 Å². The molecule has 0 saturated carbocycles. The number of aromatic nitrogens is 3. The first-order valence-corrected chi connectivity index (χ1v) is 7.47. The van der Waals surface area contributed by atoms with E-state index in [1.165, 1.54) is 11.1 Å². The standard InChI is InChI=1S/C17H20N4/c1-13(2)10-21-16(19-12-20-21)9-17(11-18)7-14-5-3-4-6-15(14)8-17/h3-6,12-13H,7-10H2,1-2H3. The van der Waals surface area contributed by atoms with Gasteiger partial charge in [0.25, 0.3) is 0 Å². The second-order valence-corrected chi connectivity index (χ2v) is 6.44. The van der Waals surface area contributed by atoms with E-state index in [0.29, 0.717) is 12.3 Å². The number of fused-ring (bicyclic) bond motifs is 1. The van der Waals surface area contributed by atoms with Gasteiger partial charge in [0.05, 0.1) is 11.5 Å². The van der Waals surface area contributed by atoms with E-state index in [1.54, 1.807) is 6.33 Å². The first-order valence-electron chi connectivity index (χ1n) is 7.47. The lowest BCUT2D eigenvalue weighted by molar-refractivity contribution is 0.381. The maximum atomic E-state index is 9.75. The third kappa shape index (κ3) is 2.69. The second-order valence-electron chi connectivity index (χ2n) is 6.44. The summed E-state index contributed by atoms with van der Waals surface area (Å²) in [7, 11) is 0. The Balaban J connectivity index is 1.84. The summed E-state index contributed by atoms with van der Waals surface area (Å²) < 4.78 is 1.95. The number of benzene rings is 1. The van der Waals surface area contributed by atoms with E-state index in [2.05, 4.69) is 42.1 Å². The zero-order valence-electron chi connectivity index (χ0n) is 12.6. The fourth-order valence-corrected chi connectivity index (χ4v) is 3.16. The van der Waals surface area contributed by atoms with E-state index in [1.807, 2.05) is 16.8 Å². The summed E-state index contributed by atoms with van der Waals surface area (Å²) in [5.41, 5.74) is 2.23. The molecule has 0 bridgehead atoms. The molecule has 21 heavy (non-hydrogen) atoms. The minimum atomic E-state index is -0.370. The summed E-state index contributed by atoms with van der Waals surface area (Å²) in [5.74, 6) is 1.45. The molecule has 1 aromatic heterocycles. The summed E-state index contributed by atoms with van der Waals surface area (Å²) in [4.78, 5) is 4.39. The van der Waals surface area contributed by atoms with Crippen molar-refractivity contribution < 1.29 is 0 Å². The Morgan fingerprint density at radius 1 is 1.29 bits per heavy atom. The molecular weight excluding hydrogens is 260 g/mol. The molecule has 1 aliphatic rings. The average Bonchev–Trinajstić information content (AvgIpc) is 3.03. The van der Waals surface area contributed by atoms with E-state index in [4.69, 9.17) is 0 Å². The normalized spacial score (nSPS) is 15.9. The Morgan fingerprint density at radius 3 is 2.52 bits per heavy atom. The molecule has 3 rings (SSSR count). The van der Waals surface area contributed by atoms with Crippen LogP contribution in [-0.2, 0) is 25.8 Å². The van der Waals surface area contributed by atoms with Crippen molar-refractivity contribution in [1.29, 1.82) is 5.26 Å². The molecule has 1 aromatic carbocycles. The van der Waals surface area contributed by atoms with Crippen LogP contribution in [0.1, 0.15) is 30.8 Å². The Labute approximate surface area is 125 Å². The van der Waals surface area contributed by atoms with E-state index in [0.717, 1.165) is 25.2 Å². The first-order chi connectivity index (χ1) is 10.1. The molecule has 0 saturated heterocycles. The van der Waals surface area contributed by atoms with E-state index >= 15 is 0 Å². The smallest absolute Gasteiger partial charge is 0.138 e. The SMILES string of the molecule is CC(C)Cn1ncnc1CC1(C#N)Cc2ccccc2C1. The van der Waals surface area contributed by atoms with E-state index in [-0.39, 0.29) is 5.41 Å².